The Hall–Kier alpha value is -1.41. The van der Waals surface area contributed by atoms with E-state index >= 15 is 0 Å². The van der Waals surface area contributed by atoms with Crippen LogP contribution in [0.15, 0.2) is 28.4 Å². The van der Waals surface area contributed by atoms with E-state index < -0.39 is 22.4 Å². The first-order chi connectivity index (χ1) is 15.9. The molecule has 0 radical (unpaired) electrons. The molecule has 2 heterocycles. The molecule has 3 rings (SSSR count). The number of aliphatic imine (C=N–C) groups is 1. The van der Waals surface area contributed by atoms with Gasteiger partial charge in [0.15, 0.2) is 6.04 Å². The molecule has 0 aliphatic carbocycles. The van der Waals surface area contributed by atoms with Crippen LogP contribution in [0.25, 0.3) is 0 Å². The van der Waals surface area contributed by atoms with E-state index in [1.807, 2.05) is 53.7 Å². The molecule has 2 aliphatic heterocycles. The number of esters is 1. The first-order valence-electron chi connectivity index (χ1n) is 11.2. The standard InChI is InChI=1S/C25H31Cl3N2O4S/c1-13-11-35-21-17(20(32)30(21)18(13)22(33)34-12-25(26,27)28)29-10-14-8-15(23(2,3)4)19(31)16(9-14)24(5,6)7/h8-10,17,21,31H,11-12H2,1-7H3/b29-10+/t17-,21-/m1/s1. The molecular weight excluding hydrogens is 531 g/mol. The number of aromatic hydroxyl groups is 1. The van der Waals surface area contributed by atoms with E-state index in [0.717, 1.165) is 22.3 Å². The van der Waals surface area contributed by atoms with Gasteiger partial charge in [-0.1, -0.05) is 76.3 Å². The summed E-state index contributed by atoms with van der Waals surface area (Å²) in [6.45, 7) is 13.6. The minimum absolute atomic E-state index is 0.189. The summed E-state index contributed by atoms with van der Waals surface area (Å²) in [7, 11) is 0. The molecule has 1 N–H and O–H groups in total. The van der Waals surface area contributed by atoms with Crippen LogP contribution >= 0.6 is 46.6 Å². The Morgan fingerprint density at radius 1 is 1.17 bits per heavy atom. The number of rotatable bonds is 4. The molecule has 35 heavy (non-hydrogen) atoms. The van der Waals surface area contributed by atoms with Crippen molar-refractivity contribution in [1.82, 2.24) is 4.90 Å². The average molecular weight is 562 g/mol. The Morgan fingerprint density at radius 2 is 1.71 bits per heavy atom. The predicted molar refractivity (Wildman–Crippen MR) is 144 cm³/mol. The summed E-state index contributed by atoms with van der Waals surface area (Å²) >= 11 is 18.6. The third-order valence-corrected chi connectivity index (χ3v) is 7.56. The fourth-order valence-corrected chi connectivity index (χ4v) is 5.45. The van der Waals surface area contributed by atoms with Crippen LogP contribution in [-0.4, -0.2) is 55.7 Å². The van der Waals surface area contributed by atoms with E-state index in [4.69, 9.17) is 39.5 Å². The lowest BCUT2D eigenvalue weighted by molar-refractivity contribution is -0.150. The van der Waals surface area contributed by atoms with E-state index in [1.165, 1.54) is 16.7 Å². The van der Waals surface area contributed by atoms with Crippen molar-refractivity contribution in [3.05, 3.63) is 40.1 Å². The number of benzene rings is 1. The van der Waals surface area contributed by atoms with Crippen LogP contribution in [-0.2, 0) is 25.2 Å². The Labute approximate surface area is 226 Å². The molecule has 1 aromatic rings. The zero-order chi connectivity index (χ0) is 26.5. The second kappa shape index (κ2) is 9.81. The van der Waals surface area contributed by atoms with Gasteiger partial charge in [0.05, 0.1) is 0 Å². The van der Waals surface area contributed by atoms with Crippen molar-refractivity contribution in [3.63, 3.8) is 0 Å². The molecule has 192 valence electrons. The van der Waals surface area contributed by atoms with Gasteiger partial charge in [-0.15, -0.1) is 11.8 Å². The third-order valence-electron chi connectivity index (χ3n) is 5.82. The van der Waals surface area contributed by atoms with E-state index in [0.29, 0.717) is 5.75 Å². The number of phenolic OH excluding ortho intramolecular Hbond substituents is 1. The van der Waals surface area contributed by atoms with Gasteiger partial charge < -0.3 is 9.84 Å². The molecule has 0 unspecified atom stereocenters. The molecule has 1 aromatic carbocycles. The lowest BCUT2D eigenvalue weighted by Gasteiger charge is -2.47. The number of ether oxygens (including phenoxy) is 1. The van der Waals surface area contributed by atoms with Crippen LogP contribution in [0.5, 0.6) is 5.75 Å². The Kier molecular flexibility index (Phi) is 7.89. The maximum atomic E-state index is 13.0. The molecule has 0 aromatic heterocycles. The van der Waals surface area contributed by atoms with Gasteiger partial charge in [0.1, 0.15) is 23.4 Å². The van der Waals surface area contributed by atoms with Gasteiger partial charge in [-0.05, 0) is 41.0 Å². The summed E-state index contributed by atoms with van der Waals surface area (Å²) in [5.41, 5.74) is 2.79. The lowest BCUT2D eigenvalue weighted by atomic mass is 9.78. The first-order valence-corrected chi connectivity index (χ1v) is 13.4. The van der Waals surface area contributed by atoms with Gasteiger partial charge in [0.25, 0.3) is 5.91 Å². The maximum absolute atomic E-state index is 13.0. The second-order valence-corrected chi connectivity index (χ2v) is 14.5. The van der Waals surface area contributed by atoms with Crippen molar-refractivity contribution in [1.29, 1.82) is 0 Å². The molecule has 1 fully saturated rings. The van der Waals surface area contributed by atoms with Crippen LogP contribution < -0.4 is 0 Å². The summed E-state index contributed by atoms with van der Waals surface area (Å²) in [6.07, 6.45) is 1.68. The van der Waals surface area contributed by atoms with E-state index in [9.17, 15) is 14.7 Å². The maximum Gasteiger partial charge on any atom is 0.355 e. The molecule has 6 nitrogen and oxygen atoms in total. The Balaban J connectivity index is 1.86. The molecule has 0 saturated carbocycles. The zero-order valence-electron chi connectivity index (χ0n) is 20.9. The minimum Gasteiger partial charge on any atom is -0.507 e. The van der Waals surface area contributed by atoms with E-state index in [1.54, 1.807) is 13.1 Å². The van der Waals surface area contributed by atoms with Crippen molar-refractivity contribution in [3.8, 4) is 5.75 Å². The number of amides is 1. The molecule has 2 atom stereocenters. The van der Waals surface area contributed by atoms with Crippen LogP contribution in [0.2, 0.25) is 0 Å². The zero-order valence-corrected chi connectivity index (χ0v) is 24.0. The first kappa shape index (κ1) is 28.2. The van der Waals surface area contributed by atoms with Gasteiger partial charge in [0.2, 0.25) is 3.79 Å². The Bertz CT molecular complexity index is 1060. The van der Waals surface area contributed by atoms with Crippen molar-refractivity contribution < 1.29 is 19.4 Å². The predicted octanol–water partition coefficient (Wildman–Crippen LogP) is 5.88. The third kappa shape index (κ3) is 6.12. The Morgan fingerprint density at radius 3 is 2.20 bits per heavy atom. The van der Waals surface area contributed by atoms with E-state index in [-0.39, 0.29) is 33.6 Å². The van der Waals surface area contributed by atoms with Crippen molar-refractivity contribution in [2.24, 2.45) is 4.99 Å². The minimum atomic E-state index is -1.74. The highest BCUT2D eigenvalue weighted by Crippen LogP contribution is 2.43. The van der Waals surface area contributed by atoms with Crippen LogP contribution in [0.3, 0.4) is 0 Å². The molecular formula is C25H31Cl3N2O4S. The number of thioether (sulfide) groups is 1. The normalized spacial score (nSPS) is 21.3. The average Bonchev–Trinajstić information content (AvgIpc) is 2.70. The number of alkyl halides is 3. The number of carbonyl (C=O) groups is 2. The van der Waals surface area contributed by atoms with Gasteiger partial charge in [-0.25, -0.2) is 4.79 Å². The smallest absolute Gasteiger partial charge is 0.355 e. The van der Waals surface area contributed by atoms with Gasteiger partial charge in [0, 0.05) is 23.1 Å². The SMILES string of the molecule is CC1=C(C(=O)OCC(Cl)(Cl)Cl)N2C(=O)[C@@H](/N=C/c3cc(C(C)(C)C)c(O)c(C(C)(C)C)c3)[C@H]2SC1. The van der Waals surface area contributed by atoms with Crippen molar-refractivity contribution in [2.45, 2.75) is 74.5 Å². The second-order valence-electron chi connectivity index (χ2n) is 10.9. The summed E-state index contributed by atoms with van der Waals surface area (Å²) < 4.78 is 3.39. The van der Waals surface area contributed by atoms with Crippen LogP contribution in [0.1, 0.15) is 65.2 Å². The topological polar surface area (TPSA) is 79.2 Å². The lowest BCUT2D eigenvalue weighted by Crippen LogP contribution is -2.64. The summed E-state index contributed by atoms with van der Waals surface area (Å²) in [5, 5.41) is 10.6. The highest BCUT2D eigenvalue weighted by molar-refractivity contribution is 8.00. The number of halogens is 3. The van der Waals surface area contributed by atoms with Crippen LogP contribution in [0.4, 0.5) is 0 Å². The quantitative estimate of drug-likeness (QED) is 0.215. The van der Waals surface area contributed by atoms with Crippen molar-refractivity contribution >= 4 is 64.7 Å². The number of carbonyl (C=O) groups excluding carboxylic acids is 2. The largest absolute Gasteiger partial charge is 0.507 e. The number of fused-ring (bicyclic) bond motifs is 1. The number of hydrogen-bond donors (Lipinski definition) is 1. The molecule has 1 amide bonds. The molecule has 2 aliphatic rings. The van der Waals surface area contributed by atoms with Gasteiger partial charge in [-0.2, -0.15) is 0 Å². The fraction of sp³-hybridized carbons (Fsp3) is 0.560. The number of hydrogen-bond acceptors (Lipinski definition) is 6. The number of β-lactam (4-membered cyclic amide) rings is 1. The summed E-state index contributed by atoms with van der Waals surface area (Å²) in [6, 6.07) is 3.19. The highest BCUT2D eigenvalue weighted by atomic mass is 35.6. The van der Waals surface area contributed by atoms with Gasteiger partial charge in [-0.3, -0.25) is 14.7 Å². The van der Waals surface area contributed by atoms with E-state index in [2.05, 4.69) is 4.99 Å². The fourth-order valence-electron chi connectivity index (χ4n) is 4.00. The van der Waals surface area contributed by atoms with Gasteiger partial charge >= 0.3 is 5.97 Å². The molecule has 10 heteroatoms. The summed E-state index contributed by atoms with van der Waals surface area (Å²) in [4.78, 5) is 31.7. The highest BCUT2D eigenvalue weighted by Gasteiger charge is 2.53. The van der Waals surface area contributed by atoms with Crippen LogP contribution in [0, 0.1) is 0 Å². The monoisotopic (exact) mass is 560 g/mol. The molecule has 1 saturated heterocycles. The number of nitrogens with zero attached hydrogens (tertiary/aromatic N) is 2. The number of phenols is 1. The van der Waals surface area contributed by atoms with Crippen molar-refractivity contribution in [2.75, 3.05) is 12.4 Å². The summed E-state index contributed by atoms with van der Waals surface area (Å²) in [5.74, 6) is -0.141. The molecule has 0 bridgehead atoms. The molecule has 0 spiro atoms.